The smallest absolute Gasteiger partial charge is 0.217 e. The van der Waals surface area contributed by atoms with E-state index in [4.69, 9.17) is 33.0 Å². The summed E-state index contributed by atoms with van der Waals surface area (Å²) in [6.07, 6.45) is 0.118. The lowest BCUT2D eigenvalue weighted by Gasteiger charge is -2.38. The number of halogens is 2. The zero-order valence-electron chi connectivity index (χ0n) is 14.7. The lowest BCUT2D eigenvalue weighted by atomic mass is 9.96. The van der Waals surface area contributed by atoms with E-state index in [-0.39, 0.29) is 16.8 Å². The van der Waals surface area contributed by atoms with Gasteiger partial charge < -0.3 is 9.84 Å². The number of phenolic OH excluding ortho intramolecular Hbond substituents is 1. The third-order valence-electron chi connectivity index (χ3n) is 5.13. The van der Waals surface area contributed by atoms with Crippen LogP contribution < -0.4 is 4.74 Å². The first-order chi connectivity index (χ1) is 13.6. The average molecular weight is 411 g/mol. The second-order valence-electron chi connectivity index (χ2n) is 6.85. The molecule has 5 rings (SSSR count). The summed E-state index contributed by atoms with van der Waals surface area (Å²) in [7, 11) is 0. The van der Waals surface area contributed by atoms with Crippen LogP contribution in [0.3, 0.4) is 0 Å². The first-order valence-electron chi connectivity index (χ1n) is 8.96. The number of hydrogen-bond donors (Lipinski definition) is 1. The van der Waals surface area contributed by atoms with Gasteiger partial charge in [0, 0.05) is 17.0 Å². The van der Waals surface area contributed by atoms with E-state index in [9.17, 15) is 5.11 Å². The van der Waals surface area contributed by atoms with Gasteiger partial charge in [0.15, 0.2) is 0 Å². The maximum Gasteiger partial charge on any atom is 0.217 e. The maximum absolute atomic E-state index is 10.6. The van der Waals surface area contributed by atoms with Crippen molar-refractivity contribution in [2.45, 2.75) is 18.7 Å². The van der Waals surface area contributed by atoms with Crippen molar-refractivity contribution in [1.29, 1.82) is 0 Å². The van der Waals surface area contributed by atoms with E-state index in [0.29, 0.717) is 10.6 Å². The van der Waals surface area contributed by atoms with E-state index < -0.39 is 6.23 Å². The minimum Gasteiger partial charge on any atom is -0.506 e. The summed E-state index contributed by atoms with van der Waals surface area (Å²) < 4.78 is 6.25. The Morgan fingerprint density at radius 3 is 2.54 bits per heavy atom. The predicted octanol–water partition coefficient (Wildman–Crippen LogP) is 5.94. The molecule has 2 atom stereocenters. The predicted molar refractivity (Wildman–Crippen MR) is 110 cm³/mol. The molecule has 1 N–H and O–H groups in total. The zero-order valence-corrected chi connectivity index (χ0v) is 16.2. The molecule has 0 saturated heterocycles. The van der Waals surface area contributed by atoms with Crippen LogP contribution in [-0.4, -0.2) is 15.8 Å². The Kier molecular flexibility index (Phi) is 4.18. The molecule has 140 valence electrons. The molecular formula is C22H16Cl2N2O2. The summed E-state index contributed by atoms with van der Waals surface area (Å²) in [6.45, 7) is 0. The maximum atomic E-state index is 10.6. The molecule has 0 aliphatic carbocycles. The van der Waals surface area contributed by atoms with E-state index in [1.54, 1.807) is 6.07 Å². The standard InChI is InChI=1S/C22H16Cl2N2O2/c23-14-10-16(21(27)17(24)11-14)22-26-19(15-8-4-5-9-20(15)28-22)12-18(25-26)13-6-2-1-3-7-13/h1-11,19,22,27H,12H2. The second kappa shape index (κ2) is 6.73. The van der Waals surface area contributed by atoms with Gasteiger partial charge in [0.25, 0.3) is 0 Å². The Morgan fingerprint density at radius 1 is 0.964 bits per heavy atom. The highest BCUT2D eigenvalue weighted by Crippen LogP contribution is 2.49. The summed E-state index contributed by atoms with van der Waals surface area (Å²) in [4.78, 5) is 0. The molecule has 0 saturated carbocycles. The number of aromatic hydroxyl groups is 1. The number of nitrogens with zero attached hydrogens (tertiary/aromatic N) is 2. The van der Waals surface area contributed by atoms with Crippen molar-refractivity contribution in [3.8, 4) is 11.5 Å². The SMILES string of the molecule is Oc1c(Cl)cc(Cl)cc1C1Oc2ccccc2C2CC(c3ccccc3)=NN21. The molecule has 3 aromatic rings. The molecule has 0 radical (unpaired) electrons. The van der Waals surface area contributed by atoms with E-state index in [0.717, 1.165) is 29.0 Å². The molecule has 0 bridgehead atoms. The van der Waals surface area contributed by atoms with Gasteiger partial charge in [-0.25, -0.2) is 5.01 Å². The summed E-state index contributed by atoms with van der Waals surface area (Å²) in [6, 6.07) is 21.2. The van der Waals surface area contributed by atoms with Gasteiger partial charge in [-0.2, -0.15) is 5.10 Å². The summed E-state index contributed by atoms with van der Waals surface area (Å²) in [5, 5.41) is 18.0. The van der Waals surface area contributed by atoms with Crippen LogP contribution in [-0.2, 0) is 0 Å². The largest absolute Gasteiger partial charge is 0.506 e. The molecule has 6 heteroatoms. The van der Waals surface area contributed by atoms with E-state index in [1.165, 1.54) is 6.07 Å². The Balaban J connectivity index is 1.65. The number of benzene rings is 3. The van der Waals surface area contributed by atoms with Crippen molar-refractivity contribution in [1.82, 2.24) is 5.01 Å². The molecule has 28 heavy (non-hydrogen) atoms. The highest BCUT2D eigenvalue weighted by Gasteiger charge is 2.42. The molecule has 3 aromatic carbocycles. The van der Waals surface area contributed by atoms with Crippen molar-refractivity contribution in [3.63, 3.8) is 0 Å². The topological polar surface area (TPSA) is 45.1 Å². The van der Waals surface area contributed by atoms with Crippen LogP contribution in [0.5, 0.6) is 11.5 Å². The number of para-hydroxylation sites is 1. The molecule has 0 fully saturated rings. The van der Waals surface area contributed by atoms with E-state index in [1.807, 2.05) is 53.5 Å². The summed E-state index contributed by atoms with van der Waals surface area (Å²) >= 11 is 12.4. The first-order valence-corrected chi connectivity index (χ1v) is 9.72. The molecule has 0 aromatic heterocycles. The molecular weight excluding hydrogens is 395 g/mol. The third kappa shape index (κ3) is 2.81. The Bertz CT molecular complexity index is 1090. The second-order valence-corrected chi connectivity index (χ2v) is 7.69. The lowest BCUT2D eigenvalue weighted by molar-refractivity contribution is -0.0203. The number of ether oxygens (including phenoxy) is 1. The highest BCUT2D eigenvalue weighted by atomic mass is 35.5. The van der Waals surface area contributed by atoms with Crippen molar-refractivity contribution >= 4 is 28.9 Å². The fourth-order valence-corrected chi connectivity index (χ4v) is 4.33. The fourth-order valence-electron chi connectivity index (χ4n) is 3.82. The average Bonchev–Trinajstić information content (AvgIpc) is 3.16. The number of hydrazone groups is 1. The number of fused-ring (bicyclic) bond motifs is 3. The van der Waals surface area contributed by atoms with Crippen molar-refractivity contribution < 1.29 is 9.84 Å². The monoisotopic (exact) mass is 410 g/mol. The summed E-state index contributed by atoms with van der Waals surface area (Å²) in [5.74, 6) is 0.728. The summed E-state index contributed by atoms with van der Waals surface area (Å²) in [5.41, 5.74) is 3.61. The molecule has 0 amide bonds. The minimum absolute atomic E-state index is 0.00214. The third-order valence-corrected chi connectivity index (χ3v) is 5.64. The van der Waals surface area contributed by atoms with Crippen molar-refractivity contribution in [3.05, 3.63) is 93.5 Å². The zero-order chi connectivity index (χ0) is 19.3. The van der Waals surface area contributed by atoms with Crippen LogP contribution in [0.4, 0.5) is 0 Å². The fraction of sp³-hybridized carbons (Fsp3) is 0.136. The quantitative estimate of drug-likeness (QED) is 0.568. The number of hydrogen-bond acceptors (Lipinski definition) is 4. The lowest BCUT2D eigenvalue weighted by Crippen LogP contribution is -2.33. The van der Waals surface area contributed by atoms with Crippen LogP contribution in [0.15, 0.2) is 71.8 Å². The van der Waals surface area contributed by atoms with Crippen molar-refractivity contribution in [2.75, 3.05) is 0 Å². The Morgan fingerprint density at radius 2 is 1.71 bits per heavy atom. The van der Waals surface area contributed by atoms with Gasteiger partial charge in [-0.3, -0.25) is 0 Å². The van der Waals surface area contributed by atoms with Gasteiger partial charge in [0.2, 0.25) is 6.23 Å². The van der Waals surface area contributed by atoms with Gasteiger partial charge in [-0.1, -0.05) is 71.7 Å². The molecule has 4 nitrogen and oxygen atoms in total. The number of rotatable bonds is 2. The molecule has 2 heterocycles. The molecule has 2 aliphatic rings. The van der Waals surface area contributed by atoms with Crippen LogP contribution in [0.1, 0.15) is 35.4 Å². The van der Waals surface area contributed by atoms with Gasteiger partial charge in [0.1, 0.15) is 11.5 Å². The normalized spacial score (nSPS) is 20.2. The van der Waals surface area contributed by atoms with E-state index >= 15 is 0 Å². The highest BCUT2D eigenvalue weighted by molar-refractivity contribution is 6.35. The van der Waals surface area contributed by atoms with Crippen LogP contribution in [0.2, 0.25) is 10.0 Å². The van der Waals surface area contributed by atoms with Gasteiger partial charge in [-0.15, -0.1) is 0 Å². The van der Waals surface area contributed by atoms with Crippen molar-refractivity contribution in [2.24, 2.45) is 5.10 Å². The van der Waals surface area contributed by atoms with Crippen LogP contribution >= 0.6 is 23.2 Å². The number of phenols is 1. The van der Waals surface area contributed by atoms with Crippen LogP contribution in [0.25, 0.3) is 0 Å². The van der Waals surface area contributed by atoms with Gasteiger partial charge in [0.05, 0.1) is 22.3 Å². The molecule has 0 spiro atoms. The van der Waals surface area contributed by atoms with Gasteiger partial charge in [-0.05, 0) is 23.8 Å². The molecule has 2 unspecified atom stereocenters. The van der Waals surface area contributed by atoms with Crippen LogP contribution in [0, 0.1) is 0 Å². The van der Waals surface area contributed by atoms with Gasteiger partial charge >= 0.3 is 0 Å². The first kappa shape index (κ1) is 17.4. The van der Waals surface area contributed by atoms with E-state index in [2.05, 4.69) is 6.07 Å². The molecule has 2 aliphatic heterocycles. The minimum atomic E-state index is -0.627. The Labute approximate surface area is 172 Å². The Hall–Kier alpha value is -2.69.